The molecular formula is C19H20FN5O4. The number of aryl methyl sites for hydroxylation is 1. The molecule has 1 aliphatic rings. The van der Waals surface area contributed by atoms with E-state index in [4.69, 9.17) is 13.8 Å². The molecule has 10 heteroatoms. The van der Waals surface area contributed by atoms with Gasteiger partial charge in [-0.05, 0) is 31.9 Å². The van der Waals surface area contributed by atoms with Crippen molar-refractivity contribution in [3.05, 3.63) is 47.4 Å². The van der Waals surface area contributed by atoms with Gasteiger partial charge in [0, 0.05) is 31.6 Å². The summed E-state index contributed by atoms with van der Waals surface area (Å²) in [7, 11) is 1.52. The second-order valence-corrected chi connectivity index (χ2v) is 6.96. The van der Waals surface area contributed by atoms with Crippen molar-refractivity contribution in [3.8, 4) is 11.4 Å². The summed E-state index contributed by atoms with van der Waals surface area (Å²) < 4.78 is 31.2. The minimum absolute atomic E-state index is 0.134. The Morgan fingerprint density at radius 3 is 3.00 bits per heavy atom. The zero-order valence-corrected chi connectivity index (χ0v) is 16.1. The van der Waals surface area contributed by atoms with Gasteiger partial charge in [0.15, 0.2) is 5.69 Å². The van der Waals surface area contributed by atoms with Crippen LogP contribution in [0.5, 0.6) is 0 Å². The molecule has 1 aliphatic heterocycles. The van der Waals surface area contributed by atoms with Crippen LogP contribution in [0.3, 0.4) is 0 Å². The molecular weight excluding hydrogens is 381 g/mol. The van der Waals surface area contributed by atoms with Gasteiger partial charge >= 0.3 is 0 Å². The average molecular weight is 401 g/mol. The van der Waals surface area contributed by atoms with E-state index in [0.717, 1.165) is 0 Å². The molecule has 3 aromatic heterocycles. The molecule has 29 heavy (non-hydrogen) atoms. The van der Waals surface area contributed by atoms with Gasteiger partial charge in [0.2, 0.25) is 11.5 Å². The van der Waals surface area contributed by atoms with Crippen LogP contribution in [0.15, 0.2) is 33.6 Å². The summed E-state index contributed by atoms with van der Waals surface area (Å²) in [4.78, 5) is 22.6. The Balaban J connectivity index is 1.56. The summed E-state index contributed by atoms with van der Waals surface area (Å²) >= 11 is 0. The van der Waals surface area contributed by atoms with Gasteiger partial charge < -0.3 is 18.7 Å². The Hall–Kier alpha value is -3.14. The number of aromatic nitrogens is 4. The van der Waals surface area contributed by atoms with Gasteiger partial charge in [-0.15, -0.1) is 0 Å². The monoisotopic (exact) mass is 401 g/mol. The Morgan fingerprint density at radius 2 is 2.24 bits per heavy atom. The first kappa shape index (κ1) is 19.2. The van der Waals surface area contributed by atoms with E-state index >= 15 is 4.39 Å². The smallest absolute Gasteiger partial charge is 0.276 e. The first-order chi connectivity index (χ1) is 14.0. The summed E-state index contributed by atoms with van der Waals surface area (Å²) in [6.45, 7) is 2.07. The number of carbonyl (C=O) groups excluding carboxylic acids is 1. The van der Waals surface area contributed by atoms with E-state index in [1.165, 1.54) is 12.0 Å². The lowest BCUT2D eigenvalue weighted by Gasteiger charge is -2.34. The standard InChI is InChI=1S/C19H20FN5O4/c1-12-14(10-27-2)15(23-28-12)17(26)25-8-4-6-19(20,11-25)18-22-16(24-29-18)13-5-3-7-21-9-13/h3,5,7,9H,4,6,8,10-11H2,1-2H3. The fraction of sp³-hybridized carbons (Fsp3) is 0.421. The van der Waals surface area contributed by atoms with Gasteiger partial charge in [0.25, 0.3) is 11.8 Å². The van der Waals surface area contributed by atoms with E-state index in [1.54, 1.807) is 31.5 Å². The van der Waals surface area contributed by atoms with Crippen LogP contribution in [0.2, 0.25) is 0 Å². The molecule has 1 saturated heterocycles. The van der Waals surface area contributed by atoms with E-state index in [9.17, 15) is 4.79 Å². The predicted molar refractivity (Wildman–Crippen MR) is 97.4 cm³/mol. The molecule has 0 bridgehead atoms. The number of nitrogens with zero attached hydrogens (tertiary/aromatic N) is 5. The average Bonchev–Trinajstić information content (AvgIpc) is 3.37. The van der Waals surface area contributed by atoms with Crippen LogP contribution in [0.4, 0.5) is 4.39 Å². The van der Waals surface area contributed by atoms with Gasteiger partial charge in [-0.3, -0.25) is 9.78 Å². The Bertz CT molecular complexity index is 1010. The molecule has 1 unspecified atom stereocenters. The highest BCUT2D eigenvalue weighted by Crippen LogP contribution is 2.36. The SMILES string of the molecule is COCc1c(C(=O)N2CCCC(F)(c3nc(-c4cccnc4)no3)C2)noc1C. The molecule has 4 heterocycles. The fourth-order valence-corrected chi connectivity index (χ4v) is 3.40. The number of carbonyl (C=O) groups is 1. The van der Waals surface area contributed by atoms with Gasteiger partial charge in [0.05, 0.1) is 18.7 Å². The third kappa shape index (κ3) is 3.63. The Labute approximate surface area is 165 Å². The molecule has 0 saturated carbocycles. The number of halogens is 1. The highest BCUT2D eigenvalue weighted by atomic mass is 19.1. The van der Waals surface area contributed by atoms with Crippen LogP contribution in [-0.2, 0) is 17.0 Å². The van der Waals surface area contributed by atoms with Crippen molar-refractivity contribution in [2.45, 2.75) is 32.0 Å². The number of alkyl halides is 1. The number of piperidine rings is 1. The topological polar surface area (TPSA) is 107 Å². The Morgan fingerprint density at radius 1 is 1.38 bits per heavy atom. The molecule has 0 aromatic carbocycles. The molecule has 152 valence electrons. The number of methoxy groups -OCH3 is 1. The number of pyridine rings is 1. The lowest BCUT2D eigenvalue weighted by atomic mass is 9.94. The molecule has 1 atom stereocenters. The molecule has 0 N–H and O–H groups in total. The van der Waals surface area contributed by atoms with E-state index in [1.807, 2.05) is 0 Å². The van der Waals surface area contributed by atoms with Crippen LogP contribution >= 0.6 is 0 Å². The summed E-state index contributed by atoms with van der Waals surface area (Å²) in [5, 5.41) is 7.71. The quantitative estimate of drug-likeness (QED) is 0.642. The molecule has 3 aromatic rings. The first-order valence-corrected chi connectivity index (χ1v) is 9.18. The van der Waals surface area contributed by atoms with Crippen molar-refractivity contribution in [3.63, 3.8) is 0 Å². The minimum atomic E-state index is -1.94. The third-order valence-corrected chi connectivity index (χ3v) is 4.93. The maximum atomic E-state index is 15.7. The van der Waals surface area contributed by atoms with Gasteiger partial charge in [-0.1, -0.05) is 10.3 Å². The van der Waals surface area contributed by atoms with E-state index in [2.05, 4.69) is 20.3 Å². The van der Waals surface area contributed by atoms with Crippen LogP contribution in [-0.4, -0.2) is 51.3 Å². The minimum Gasteiger partial charge on any atom is -0.380 e. The number of rotatable bonds is 5. The van der Waals surface area contributed by atoms with Crippen molar-refractivity contribution in [2.75, 3.05) is 20.2 Å². The van der Waals surface area contributed by atoms with Crippen molar-refractivity contribution in [2.24, 2.45) is 0 Å². The van der Waals surface area contributed by atoms with Gasteiger partial charge in [0.1, 0.15) is 5.76 Å². The second kappa shape index (κ2) is 7.70. The van der Waals surface area contributed by atoms with Crippen LogP contribution in [0, 0.1) is 6.92 Å². The maximum absolute atomic E-state index is 15.7. The number of hydrogen-bond acceptors (Lipinski definition) is 8. The highest BCUT2D eigenvalue weighted by molar-refractivity contribution is 5.94. The molecule has 1 fully saturated rings. The summed E-state index contributed by atoms with van der Waals surface area (Å²) in [6.07, 6.45) is 3.81. The van der Waals surface area contributed by atoms with E-state index in [-0.39, 0.29) is 37.0 Å². The second-order valence-electron chi connectivity index (χ2n) is 6.96. The largest absolute Gasteiger partial charge is 0.380 e. The lowest BCUT2D eigenvalue weighted by Crippen LogP contribution is -2.46. The van der Waals surface area contributed by atoms with Crippen LogP contribution in [0.25, 0.3) is 11.4 Å². The number of likely N-dealkylation sites (tertiary alicyclic amines) is 1. The molecule has 4 rings (SSSR count). The Kier molecular flexibility index (Phi) is 5.10. The fourth-order valence-electron chi connectivity index (χ4n) is 3.40. The molecule has 0 spiro atoms. The van der Waals surface area contributed by atoms with Gasteiger partial charge in [-0.2, -0.15) is 4.98 Å². The summed E-state index contributed by atoms with van der Waals surface area (Å²) in [5.74, 6) is 0.185. The predicted octanol–water partition coefficient (Wildman–Crippen LogP) is 2.68. The zero-order chi connectivity index (χ0) is 20.4. The zero-order valence-electron chi connectivity index (χ0n) is 16.1. The molecule has 0 radical (unpaired) electrons. The summed E-state index contributed by atoms with van der Waals surface area (Å²) in [5.41, 5.74) is -0.627. The maximum Gasteiger partial charge on any atom is 0.276 e. The normalized spacial score (nSPS) is 19.5. The first-order valence-electron chi connectivity index (χ1n) is 9.18. The van der Waals surface area contributed by atoms with Crippen LogP contribution in [0.1, 0.15) is 40.5 Å². The van der Waals surface area contributed by atoms with E-state index < -0.39 is 11.6 Å². The molecule has 9 nitrogen and oxygen atoms in total. The van der Waals surface area contributed by atoms with Crippen molar-refractivity contribution < 1.29 is 23.0 Å². The number of amides is 1. The number of ether oxygens (including phenoxy) is 1. The number of hydrogen-bond donors (Lipinski definition) is 0. The van der Waals surface area contributed by atoms with Crippen molar-refractivity contribution >= 4 is 5.91 Å². The van der Waals surface area contributed by atoms with Crippen molar-refractivity contribution in [1.29, 1.82) is 0 Å². The van der Waals surface area contributed by atoms with Gasteiger partial charge in [-0.25, -0.2) is 4.39 Å². The molecule has 0 aliphatic carbocycles. The molecule has 1 amide bonds. The summed E-state index contributed by atoms with van der Waals surface area (Å²) in [6, 6.07) is 3.49. The van der Waals surface area contributed by atoms with Crippen molar-refractivity contribution in [1.82, 2.24) is 25.2 Å². The highest BCUT2D eigenvalue weighted by Gasteiger charge is 2.44. The van der Waals surface area contributed by atoms with E-state index in [0.29, 0.717) is 29.9 Å². The lowest BCUT2D eigenvalue weighted by molar-refractivity contribution is 0.0146. The van der Waals surface area contributed by atoms with Crippen LogP contribution < -0.4 is 0 Å². The third-order valence-electron chi connectivity index (χ3n) is 4.93.